The monoisotopic (exact) mass is 606 g/mol. The van der Waals surface area contributed by atoms with Crippen molar-refractivity contribution in [2.45, 2.75) is 63.6 Å². The highest BCUT2D eigenvalue weighted by Gasteiger charge is 2.43. The lowest BCUT2D eigenvalue weighted by molar-refractivity contribution is 0.0658. The van der Waals surface area contributed by atoms with Crippen LogP contribution in [-0.2, 0) is 16.4 Å². The molecule has 2 N–H and O–H groups in total. The van der Waals surface area contributed by atoms with E-state index in [0.29, 0.717) is 29.1 Å². The molecule has 1 amide bonds. The predicted molar refractivity (Wildman–Crippen MR) is 157 cm³/mol. The molecule has 2 fully saturated rings. The molecular formula is C28H36ClFN6O4S. The number of fused-ring (bicyclic) bond motifs is 2. The van der Waals surface area contributed by atoms with Gasteiger partial charge in [0.05, 0.1) is 11.8 Å². The van der Waals surface area contributed by atoms with E-state index in [1.165, 1.54) is 15.3 Å². The van der Waals surface area contributed by atoms with Crippen LogP contribution in [-0.4, -0.2) is 72.3 Å². The van der Waals surface area contributed by atoms with Crippen LogP contribution >= 0.6 is 11.6 Å². The number of carboxylic acid groups (broad SMARTS) is 1. The van der Waals surface area contributed by atoms with E-state index in [-0.39, 0.29) is 56.1 Å². The summed E-state index contributed by atoms with van der Waals surface area (Å²) in [7, 11) is -3.54. The Kier molecular flexibility index (Phi) is 10.0. The second-order valence-electron chi connectivity index (χ2n) is 11.0. The molecule has 0 aliphatic carbocycles. The van der Waals surface area contributed by atoms with Crippen molar-refractivity contribution >= 4 is 33.4 Å². The highest BCUT2D eigenvalue weighted by Crippen LogP contribution is 2.33. The Labute approximate surface area is 245 Å². The second-order valence-corrected chi connectivity index (χ2v) is 13.5. The van der Waals surface area contributed by atoms with Gasteiger partial charge in [-0.15, -0.1) is 0 Å². The van der Waals surface area contributed by atoms with Crippen molar-refractivity contribution in [2.24, 2.45) is 11.0 Å². The highest BCUT2D eigenvalue weighted by atomic mass is 35.5. The molecule has 5 atom stereocenters. The van der Waals surface area contributed by atoms with Gasteiger partial charge in [-0.2, -0.15) is 4.31 Å². The maximum Gasteiger partial charge on any atom is 0.407 e. The standard InChI is InChI=1S/C28H36ClFN6O4S/c1-18(2)27(19-8-10-20(29)11-9-19)26(33-34-31)15-32-25-7-3-6-24(30)23(25)13-12-22-16-35(28(37)38)21-5-4-14-41(39,40)36(22)17-21/h3,6-11,18,21-22,26-27,32H,4-5,12-17H2,1-2H3,(H,37,38). The minimum Gasteiger partial charge on any atom is -0.465 e. The highest BCUT2D eigenvalue weighted by molar-refractivity contribution is 7.89. The largest absolute Gasteiger partial charge is 0.465 e. The van der Waals surface area contributed by atoms with Crippen LogP contribution < -0.4 is 5.32 Å². The molecule has 41 heavy (non-hydrogen) atoms. The molecule has 2 saturated heterocycles. The van der Waals surface area contributed by atoms with Gasteiger partial charge in [0.2, 0.25) is 10.0 Å². The number of amides is 1. The molecule has 2 aliphatic rings. The number of carbonyl (C=O) groups is 1. The van der Waals surface area contributed by atoms with Gasteiger partial charge in [-0.25, -0.2) is 17.6 Å². The van der Waals surface area contributed by atoms with E-state index in [4.69, 9.17) is 11.6 Å². The number of azide groups is 1. The Morgan fingerprint density at radius 2 is 1.98 bits per heavy atom. The summed E-state index contributed by atoms with van der Waals surface area (Å²) in [5, 5.41) is 17.7. The first kappa shape index (κ1) is 30.9. The quantitative estimate of drug-likeness (QED) is 0.191. The van der Waals surface area contributed by atoms with Gasteiger partial charge in [0.15, 0.2) is 0 Å². The molecule has 13 heteroatoms. The van der Waals surface area contributed by atoms with E-state index in [9.17, 15) is 23.8 Å². The lowest BCUT2D eigenvalue weighted by Crippen LogP contribution is -2.60. The van der Waals surface area contributed by atoms with Gasteiger partial charge in [-0.3, -0.25) is 0 Å². The maximum atomic E-state index is 15.2. The molecule has 2 bridgehead atoms. The molecule has 2 aromatic carbocycles. The number of nitrogens with one attached hydrogen (secondary N) is 1. The van der Waals surface area contributed by atoms with Crippen molar-refractivity contribution in [2.75, 3.05) is 30.7 Å². The summed E-state index contributed by atoms with van der Waals surface area (Å²) in [4.78, 5) is 16.3. The zero-order chi connectivity index (χ0) is 29.7. The maximum absolute atomic E-state index is 15.2. The van der Waals surface area contributed by atoms with Gasteiger partial charge >= 0.3 is 6.09 Å². The van der Waals surface area contributed by atoms with Gasteiger partial charge in [-0.1, -0.05) is 48.8 Å². The number of rotatable bonds is 10. The number of hydrogen-bond donors (Lipinski definition) is 2. The third-order valence-electron chi connectivity index (χ3n) is 8.12. The Balaban J connectivity index is 1.54. The van der Waals surface area contributed by atoms with E-state index in [1.807, 2.05) is 26.0 Å². The van der Waals surface area contributed by atoms with E-state index in [1.54, 1.807) is 24.3 Å². The lowest BCUT2D eigenvalue weighted by Gasteiger charge is -2.43. The SMILES string of the molecule is CC(C)C(c1ccc(Cl)cc1)C(CNc1cccc(F)c1CCC1CN(C(=O)O)C2CCCS(=O)(=O)N1C2)N=[N+]=[N-]. The van der Waals surface area contributed by atoms with Gasteiger partial charge in [-0.05, 0) is 72.9 Å². The summed E-state index contributed by atoms with van der Waals surface area (Å²) in [6.45, 7) is 4.49. The first-order chi connectivity index (χ1) is 19.5. The van der Waals surface area contributed by atoms with Crippen LogP contribution in [0.5, 0.6) is 0 Å². The number of sulfonamides is 1. The zero-order valence-electron chi connectivity index (χ0n) is 23.2. The normalized spacial score (nSPS) is 23.2. The lowest BCUT2D eigenvalue weighted by atomic mass is 9.82. The zero-order valence-corrected chi connectivity index (χ0v) is 24.7. The van der Waals surface area contributed by atoms with Crippen LogP contribution in [0, 0.1) is 11.7 Å². The summed E-state index contributed by atoms with van der Waals surface area (Å²) < 4.78 is 42.5. The van der Waals surface area contributed by atoms with Crippen molar-refractivity contribution in [1.29, 1.82) is 0 Å². The Morgan fingerprint density at radius 3 is 2.63 bits per heavy atom. The van der Waals surface area contributed by atoms with Crippen molar-refractivity contribution in [1.82, 2.24) is 9.21 Å². The molecule has 2 aromatic rings. The fourth-order valence-corrected chi connectivity index (χ4v) is 8.06. The summed E-state index contributed by atoms with van der Waals surface area (Å²) in [5.41, 5.74) is 11.2. The molecule has 0 aromatic heterocycles. The number of nitrogens with zero attached hydrogens (tertiary/aromatic N) is 5. The van der Waals surface area contributed by atoms with Crippen LogP contribution in [0.15, 0.2) is 47.6 Å². The minimum absolute atomic E-state index is 0.0224. The summed E-state index contributed by atoms with van der Waals surface area (Å²) in [6.07, 6.45) is 0.277. The smallest absolute Gasteiger partial charge is 0.407 e. The van der Waals surface area contributed by atoms with E-state index in [2.05, 4.69) is 15.3 Å². The number of benzene rings is 2. The summed E-state index contributed by atoms with van der Waals surface area (Å²) >= 11 is 6.07. The predicted octanol–water partition coefficient (Wildman–Crippen LogP) is 6.10. The molecular weight excluding hydrogens is 571 g/mol. The van der Waals surface area contributed by atoms with Crippen LogP contribution in [0.1, 0.15) is 50.2 Å². The van der Waals surface area contributed by atoms with Gasteiger partial charge < -0.3 is 15.3 Å². The molecule has 2 aliphatic heterocycles. The topological polar surface area (TPSA) is 139 Å². The fourth-order valence-electron chi connectivity index (χ4n) is 6.14. The molecule has 0 saturated carbocycles. The molecule has 2 heterocycles. The average Bonchev–Trinajstić information content (AvgIpc) is 3.04. The molecule has 10 nitrogen and oxygen atoms in total. The van der Waals surface area contributed by atoms with Crippen LogP contribution in [0.2, 0.25) is 5.02 Å². The van der Waals surface area contributed by atoms with Crippen LogP contribution in [0.4, 0.5) is 14.9 Å². The van der Waals surface area contributed by atoms with Crippen molar-refractivity contribution in [3.63, 3.8) is 0 Å². The number of halogens is 2. The first-order valence-corrected chi connectivity index (χ1v) is 15.8. The van der Waals surface area contributed by atoms with Crippen LogP contribution in [0.25, 0.3) is 10.4 Å². The van der Waals surface area contributed by atoms with E-state index < -0.39 is 34.0 Å². The Bertz CT molecular complexity index is 1390. The summed E-state index contributed by atoms with van der Waals surface area (Å²) in [6, 6.07) is 10.6. The first-order valence-electron chi connectivity index (χ1n) is 13.8. The molecule has 222 valence electrons. The molecule has 4 rings (SSSR count). The van der Waals surface area contributed by atoms with Crippen molar-refractivity contribution < 1.29 is 22.7 Å². The summed E-state index contributed by atoms with van der Waals surface area (Å²) in [5.74, 6) is -0.469. The number of hydrogen-bond acceptors (Lipinski definition) is 5. The second kappa shape index (κ2) is 13.3. The fraction of sp³-hybridized carbons (Fsp3) is 0.536. The number of piperazine rings is 1. The van der Waals surface area contributed by atoms with E-state index >= 15 is 4.39 Å². The average molecular weight is 607 g/mol. The molecule has 0 spiro atoms. The van der Waals surface area contributed by atoms with Crippen molar-refractivity contribution in [3.8, 4) is 0 Å². The van der Waals surface area contributed by atoms with Crippen molar-refractivity contribution in [3.05, 3.63) is 74.9 Å². The molecule has 0 radical (unpaired) electrons. The van der Waals surface area contributed by atoms with Crippen LogP contribution in [0.3, 0.4) is 0 Å². The Morgan fingerprint density at radius 1 is 1.24 bits per heavy atom. The third kappa shape index (κ3) is 7.24. The minimum atomic E-state index is -3.54. The Hall–Kier alpha value is -3.05. The van der Waals surface area contributed by atoms with Gasteiger partial charge in [0.25, 0.3) is 0 Å². The van der Waals surface area contributed by atoms with Gasteiger partial charge in [0, 0.05) is 52.9 Å². The molecule has 5 unspecified atom stereocenters. The van der Waals surface area contributed by atoms with E-state index in [0.717, 1.165) is 5.56 Å². The van der Waals surface area contributed by atoms with Gasteiger partial charge in [0.1, 0.15) is 5.82 Å². The third-order valence-corrected chi connectivity index (χ3v) is 10.3. The number of anilines is 1.